The van der Waals surface area contributed by atoms with Crippen LogP contribution in [0.3, 0.4) is 0 Å². The summed E-state index contributed by atoms with van der Waals surface area (Å²) in [5.74, 6) is 0.670. The van der Waals surface area contributed by atoms with Gasteiger partial charge in [-0.15, -0.1) is 24.0 Å². The number of nitrogens with zero attached hydrogens (tertiary/aromatic N) is 2. The summed E-state index contributed by atoms with van der Waals surface area (Å²) in [5.41, 5.74) is 0.944. The topological polar surface area (TPSA) is 56.7 Å². The third-order valence-electron chi connectivity index (χ3n) is 5.06. The maximum atomic E-state index is 13.1. The molecule has 0 aromatic heterocycles. The molecule has 1 atom stereocenters. The minimum Gasteiger partial charge on any atom is -0.356 e. The third kappa shape index (κ3) is 5.00. The van der Waals surface area contributed by atoms with Crippen molar-refractivity contribution in [2.45, 2.75) is 25.7 Å². The molecule has 2 saturated heterocycles. The molecule has 2 heterocycles. The fourth-order valence-corrected chi connectivity index (χ4v) is 4.06. The van der Waals surface area contributed by atoms with Gasteiger partial charge >= 0.3 is 0 Å². The van der Waals surface area contributed by atoms with E-state index in [1.54, 1.807) is 13.1 Å². The van der Waals surface area contributed by atoms with Gasteiger partial charge in [-0.3, -0.25) is 9.79 Å². The van der Waals surface area contributed by atoms with Crippen molar-refractivity contribution in [2.75, 3.05) is 33.2 Å². The van der Waals surface area contributed by atoms with Crippen LogP contribution in [-0.2, 0) is 11.2 Å². The largest absolute Gasteiger partial charge is 0.356 e. The number of carbonyl (C=O) groups is 1. The van der Waals surface area contributed by atoms with Crippen molar-refractivity contribution in [2.24, 2.45) is 10.4 Å². The number of benzene rings is 1. The Morgan fingerprint density at radius 2 is 2.31 bits per heavy atom. The monoisotopic (exact) mass is 494 g/mol. The first-order valence-electron chi connectivity index (χ1n) is 8.68. The Morgan fingerprint density at radius 1 is 1.50 bits per heavy atom. The quantitative estimate of drug-likeness (QED) is 0.386. The van der Waals surface area contributed by atoms with Crippen molar-refractivity contribution in [3.8, 4) is 0 Å². The fraction of sp³-hybridized carbons (Fsp3) is 0.556. The third-order valence-corrected chi connectivity index (χ3v) is 5.41. The number of halogens is 3. The number of hydrogen-bond donors (Lipinski definition) is 2. The van der Waals surface area contributed by atoms with Crippen molar-refractivity contribution < 1.29 is 9.18 Å². The Bertz CT molecular complexity index is 687. The summed E-state index contributed by atoms with van der Waals surface area (Å²) in [4.78, 5) is 18.3. The number of aliphatic imine (C=N–C) groups is 1. The Hall–Kier alpha value is -1.09. The maximum absolute atomic E-state index is 13.1. The molecule has 5 nitrogen and oxygen atoms in total. The van der Waals surface area contributed by atoms with Crippen LogP contribution >= 0.6 is 35.6 Å². The van der Waals surface area contributed by atoms with E-state index in [0.29, 0.717) is 24.4 Å². The van der Waals surface area contributed by atoms with E-state index >= 15 is 0 Å². The first-order valence-corrected chi connectivity index (χ1v) is 9.05. The first-order chi connectivity index (χ1) is 12.0. The van der Waals surface area contributed by atoms with E-state index in [-0.39, 0.29) is 41.1 Å². The van der Waals surface area contributed by atoms with Gasteiger partial charge in [-0.1, -0.05) is 17.7 Å². The second-order valence-corrected chi connectivity index (χ2v) is 7.35. The lowest BCUT2D eigenvalue weighted by Crippen LogP contribution is -2.51. The summed E-state index contributed by atoms with van der Waals surface area (Å²) in [5, 5.41) is 6.78. The summed E-state index contributed by atoms with van der Waals surface area (Å²) in [6, 6.07) is 4.48. The predicted octanol–water partition coefficient (Wildman–Crippen LogP) is 2.82. The number of piperidine rings is 1. The summed E-state index contributed by atoms with van der Waals surface area (Å²) in [6.07, 6.45) is 3.42. The van der Waals surface area contributed by atoms with Crippen LogP contribution in [0.4, 0.5) is 4.39 Å². The fourth-order valence-electron chi connectivity index (χ4n) is 3.79. The molecule has 8 heteroatoms. The summed E-state index contributed by atoms with van der Waals surface area (Å²) < 4.78 is 13.1. The molecule has 26 heavy (non-hydrogen) atoms. The normalized spacial score (nSPS) is 23.0. The van der Waals surface area contributed by atoms with E-state index < -0.39 is 0 Å². The molecule has 3 rings (SSSR count). The number of likely N-dealkylation sites (tertiary alicyclic amines) is 1. The predicted molar refractivity (Wildman–Crippen MR) is 113 cm³/mol. The lowest BCUT2D eigenvalue weighted by molar-refractivity contribution is -0.119. The van der Waals surface area contributed by atoms with Crippen LogP contribution in [0.1, 0.15) is 24.8 Å². The molecule has 1 aromatic carbocycles. The Labute approximate surface area is 175 Å². The van der Waals surface area contributed by atoms with Gasteiger partial charge in [0.25, 0.3) is 0 Å². The second kappa shape index (κ2) is 9.21. The zero-order chi connectivity index (χ0) is 17.9. The zero-order valence-electron chi connectivity index (χ0n) is 14.9. The highest BCUT2D eigenvalue weighted by Crippen LogP contribution is 2.35. The van der Waals surface area contributed by atoms with Crippen molar-refractivity contribution in [3.63, 3.8) is 0 Å². The maximum Gasteiger partial charge on any atom is 0.220 e. The van der Waals surface area contributed by atoms with Gasteiger partial charge in [-0.25, -0.2) is 4.39 Å². The smallest absolute Gasteiger partial charge is 0.220 e. The van der Waals surface area contributed by atoms with Crippen molar-refractivity contribution in [1.82, 2.24) is 15.5 Å². The number of rotatable bonds is 3. The molecule has 144 valence electrons. The number of hydrogen-bond acceptors (Lipinski definition) is 2. The molecule has 2 N–H and O–H groups in total. The van der Waals surface area contributed by atoms with Gasteiger partial charge in [-0.2, -0.15) is 0 Å². The molecule has 2 fully saturated rings. The average molecular weight is 495 g/mol. The van der Waals surface area contributed by atoms with Gasteiger partial charge in [0.2, 0.25) is 5.91 Å². The molecule has 1 unspecified atom stereocenters. The lowest BCUT2D eigenvalue weighted by atomic mass is 9.79. The molecule has 2 aliphatic heterocycles. The van der Waals surface area contributed by atoms with Gasteiger partial charge in [0.15, 0.2) is 5.96 Å². The lowest BCUT2D eigenvalue weighted by Gasteiger charge is -2.40. The summed E-state index contributed by atoms with van der Waals surface area (Å²) in [7, 11) is 1.77. The minimum atomic E-state index is -0.323. The van der Waals surface area contributed by atoms with E-state index in [1.807, 2.05) is 0 Å². The van der Waals surface area contributed by atoms with Crippen LogP contribution in [0.2, 0.25) is 5.02 Å². The van der Waals surface area contributed by atoms with Crippen LogP contribution < -0.4 is 10.6 Å². The molecule has 1 amide bonds. The van der Waals surface area contributed by atoms with Gasteiger partial charge in [0, 0.05) is 50.1 Å². The Kier molecular flexibility index (Phi) is 7.52. The van der Waals surface area contributed by atoms with Gasteiger partial charge in [-0.05, 0) is 37.0 Å². The van der Waals surface area contributed by atoms with E-state index in [9.17, 15) is 9.18 Å². The standard InChI is InChI=1S/C18H24ClFN4O.HI/c1-21-17(22-7-5-13-3-4-14(20)9-15(13)19)24-8-2-6-18(12-24)10-16(25)23-11-18;/h3-4,9H,2,5-8,10-12H2,1H3,(H,21,22)(H,23,25);1H. The van der Waals surface area contributed by atoms with E-state index in [2.05, 4.69) is 20.5 Å². The van der Waals surface area contributed by atoms with E-state index in [1.165, 1.54) is 12.1 Å². The minimum absolute atomic E-state index is 0. The molecule has 1 spiro atoms. The van der Waals surface area contributed by atoms with Crippen molar-refractivity contribution in [3.05, 3.63) is 34.6 Å². The number of carbonyl (C=O) groups excluding carboxylic acids is 1. The molecule has 0 aliphatic carbocycles. The Morgan fingerprint density at radius 3 is 2.96 bits per heavy atom. The van der Waals surface area contributed by atoms with Crippen LogP contribution in [0.25, 0.3) is 0 Å². The molecule has 1 aromatic rings. The highest BCUT2D eigenvalue weighted by molar-refractivity contribution is 14.0. The molecule has 0 radical (unpaired) electrons. The van der Waals surface area contributed by atoms with E-state index in [0.717, 1.165) is 44.0 Å². The molecule has 0 bridgehead atoms. The second-order valence-electron chi connectivity index (χ2n) is 6.94. The van der Waals surface area contributed by atoms with Crippen LogP contribution in [0, 0.1) is 11.2 Å². The molecular weight excluding hydrogens is 470 g/mol. The van der Waals surface area contributed by atoms with Crippen molar-refractivity contribution >= 4 is 47.4 Å². The van der Waals surface area contributed by atoms with Crippen LogP contribution in [-0.4, -0.2) is 50.0 Å². The Balaban J connectivity index is 0.00000243. The SMILES string of the molecule is CN=C(NCCc1ccc(F)cc1Cl)N1CCCC2(CNC(=O)C2)C1.I. The van der Waals surface area contributed by atoms with Crippen LogP contribution in [0.5, 0.6) is 0 Å². The highest BCUT2D eigenvalue weighted by atomic mass is 127. The first kappa shape index (κ1) is 21.2. The van der Waals surface area contributed by atoms with Gasteiger partial charge < -0.3 is 15.5 Å². The van der Waals surface area contributed by atoms with Gasteiger partial charge in [0.1, 0.15) is 5.82 Å². The number of amides is 1. The van der Waals surface area contributed by atoms with Gasteiger partial charge in [0.05, 0.1) is 0 Å². The van der Waals surface area contributed by atoms with Crippen LogP contribution in [0.15, 0.2) is 23.2 Å². The number of nitrogens with one attached hydrogen (secondary N) is 2. The molecule has 0 saturated carbocycles. The summed E-state index contributed by atoms with van der Waals surface area (Å²) in [6.45, 7) is 3.19. The average Bonchev–Trinajstić information content (AvgIpc) is 2.93. The molecule has 2 aliphatic rings. The zero-order valence-corrected chi connectivity index (χ0v) is 17.9. The highest BCUT2D eigenvalue weighted by Gasteiger charge is 2.42. The van der Waals surface area contributed by atoms with Crippen molar-refractivity contribution in [1.29, 1.82) is 0 Å². The van der Waals surface area contributed by atoms with E-state index in [4.69, 9.17) is 11.6 Å². The molecular formula is C18H25ClFIN4O. The summed E-state index contributed by atoms with van der Waals surface area (Å²) >= 11 is 6.08. The number of guanidine groups is 1.